The molecule has 140 valence electrons. The van der Waals surface area contributed by atoms with E-state index < -0.39 is 0 Å². The van der Waals surface area contributed by atoms with Gasteiger partial charge in [0.25, 0.3) is 0 Å². The van der Waals surface area contributed by atoms with Crippen LogP contribution >= 0.6 is 23.8 Å². The molecule has 0 aliphatic rings. The standard InChI is InChI=1S/C23H15ClN4S/c24-18-11-9-15(10-12-18)22-26-27-23(29)28(22)25-14-21-19-7-3-1-5-16(19)13-17-6-2-4-8-20(17)21/h1-14H,(H,27,29)/b25-14-. The largest absolute Gasteiger partial charge is 0.250 e. The summed E-state index contributed by atoms with van der Waals surface area (Å²) in [7, 11) is 0. The van der Waals surface area contributed by atoms with Crippen LogP contribution in [-0.2, 0) is 0 Å². The quantitative estimate of drug-likeness (QED) is 0.209. The highest BCUT2D eigenvalue weighted by Crippen LogP contribution is 2.27. The molecule has 1 heterocycles. The average molecular weight is 415 g/mol. The summed E-state index contributed by atoms with van der Waals surface area (Å²) in [5, 5.41) is 17.1. The van der Waals surface area contributed by atoms with Crippen LogP contribution in [-0.4, -0.2) is 21.1 Å². The van der Waals surface area contributed by atoms with E-state index in [4.69, 9.17) is 28.9 Å². The number of hydrogen-bond donors (Lipinski definition) is 1. The molecule has 4 nitrogen and oxygen atoms in total. The van der Waals surface area contributed by atoms with Gasteiger partial charge in [-0.2, -0.15) is 14.9 Å². The van der Waals surface area contributed by atoms with E-state index in [1.54, 1.807) is 4.68 Å². The number of nitrogens with zero attached hydrogens (tertiary/aromatic N) is 3. The summed E-state index contributed by atoms with van der Waals surface area (Å²) < 4.78 is 2.06. The molecular formula is C23H15ClN4S. The molecule has 0 radical (unpaired) electrons. The van der Waals surface area contributed by atoms with Gasteiger partial charge in [0.1, 0.15) is 0 Å². The maximum Gasteiger partial charge on any atom is 0.216 e. The van der Waals surface area contributed by atoms with E-state index in [9.17, 15) is 0 Å². The minimum Gasteiger partial charge on any atom is -0.250 e. The molecule has 5 aromatic rings. The third-order valence-corrected chi connectivity index (χ3v) is 5.38. The highest BCUT2D eigenvalue weighted by molar-refractivity contribution is 7.71. The van der Waals surface area contributed by atoms with Gasteiger partial charge < -0.3 is 0 Å². The lowest BCUT2D eigenvalue weighted by atomic mass is 9.97. The van der Waals surface area contributed by atoms with Crippen molar-refractivity contribution in [1.29, 1.82) is 0 Å². The van der Waals surface area contributed by atoms with Gasteiger partial charge in [0.05, 0.1) is 6.21 Å². The molecule has 1 aromatic heterocycles. The molecule has 5 rings (SSSR count). The van der Waals surface area contributed by atoms with E-state index in [0.29, 0.717) is 15.6 Å². The van der Waals surface area contributed by atoms with E-state index in [1.807, 2.05) is 54.7 Å². The molecule has 0 fully saturated rings. The van der Waals surface area contributed by atoms with Crippen molar-refractivity contribution in [2.24, 2.45) is 5.10 Å². The minimum absolute atomic E-state index is 0.427. The molecule has 0 atom stereocenters. The van der Waals surface area contributed by atoms with E-state index in [0.717, 1.165) is 21.9 Å². The molecule has 0 aliphatic heterocycles. The Hall–Kier alpha value is -3.28. The Morgan fingerprint density at radius 3 is 2.17 bits per heavy atom. The van der Waals surface area contributed by atoms with Crippen LogP contribution in [0.4, 0.5) is 0 Å². The van der Waals surface area contributed by atoms with E-state index in [-0.39, 0.29) is 0 Å². The predicted octanol–water partition coefficient (Wildman–Crippen LogP) is 6.45. The molecule has 6 heteroatoms. The third kappa shape index (κ3) is 3.24. The van der Waals surface area contributed by atoms with Gasteiger partial charge in [0, 0.05) is 16.1 Å². The number of halogens is 1. The lowest BCUT2D eigenvalue weighted by Crippen LogP contribution is -1.96. The summed E-state index contributed by atoms with van der Waals surface area (Å²) in [6.45, 7) is 0. The Morgan fingerprint density at radius 2 is 1.52 bits per heavy atom. The van der Waals surface area contributed by atoms with Crippen LogP contribution in [0.2, 0.25) is 5.02 Å². The number of hydrogen-bond acceptors (Lipinski definition) is 3. The van der Waals surface area contributed by atoms with Crippen LogP contribution in [0.1, 0.15) is 5.56 Å². The van der Waals surface area contributed by atoms with E-state index >= 15 is 0 Å². The minimum atomic E-state index is 0.427. The number of fused-ring (bicyclic) bond motifs is 2. The summed E-state index contributed by atoms with van der Waals surface area (Å²) in [5.74, 6) is 0.632. The smallest absolute Gasteiger partial charge is 0.216 e. The lowest BCUT2D eigenvalue weighted by Gasteiger charge is -2.08. The van der Waals surface area contributed by atoms with Gasteiger partial charge in [-0.15, -0.1) is 0 Å². The van der Waals surface area contributed by atoms with Gasteiger partial charge in [-0.05, 0) is 64.1 Å². The number of rotatable bonds is 3. The molecule has 0 bridgehead atoms. The molecule has 0 spiro atoms. The van der Waals surface area contributed by atoms with Gasteiger partial charge in [-0.1, -0.05) is 60.1 Å². The highest BCUT2D eigenvalue weighted by atomic mass is 35.5. The first-order chi connectivity index (χ1) is 14.2. The third-order valence-electron chi connectivity index (χ3n) is 4.87. The Bertz CT molecular complexity index is 1380. The van der Waals surface area contributed by atoms with E-state index in [1.165, 1.54) is 10.8 Å². The Balaban J connectivity index is 1.70. The molecule has 4 aromatic carbocycles. The van der Waals surface area contributed by atoms with Crippen molar-refractivity contribution in [3.8, 4) is 11.4 Å². The van der Waals surface area contributed by atoms with Gasteiger partial charge in [-0.3, -0.25) is 0 Å². The summed E-state index contributed by atoms with van der Waals surface area (Å²) >= 11 is 11.4. The summed E-state index contributed by atoms with van der Waals surface area (Å²) in [6.07, 6.45) is 1.86. The Morgan fingerprint density at radius 1 is 0.897 bits per heavy atom. The fraction of sp³-hybridized carbons (Fsp3) is 0. The number of nitrogens with one attached hydrogen (secondary N) is 1. The second kappa shape index (κ2) is 7.28. The summed E-state index contributed by atoms with van der Waals surface area (Å²) in [6, 6.07) is 26.2. The molecule has 0 unspecified atom stereocenters. The van der Waals surface area contributed by atoms with Crippen LogP contribution < -0.4 is 0 Å². The average Bonchev–Trinajstić information content (AvgIpc) is 3.12. The number of aromatic amines is 1. The molecule has 29 heavy (non-hydrogen) atoms. The molecule has 0 saturated carbocycles. The highest BCUT2D eigenvalue weighted by Gasteiger charge is 2.09. The normalized spacial score (nSPS) is 11.6. The number of aromatic nitrogens is 3. The van der Waals surface area contributed by atoms with Crippen molar-refractivity contribution in [3.63, 3.8) is 0 Å². The lowest BCUT2D eigenvalue weighted by molar-refractivity contribution is 0.872. The van der Waals surface area contributed by atoms with E-state index in [2.05, 4.69) is 40.5 Å². The topological polar surface area (TPSA) is 46.0 Å². The molecular weight excluding hydrogens is 400 g/mol. The number of H-pyrrole nitrogens is 1. The maximum atomic E-state index is 6.01. The van der Waals surface area contributed by atoms with Crippen molar-refractivity contribution in [2.75, 3.05) is 0 Å². The molecule has 0 amide bonds. The van der Waals surface area contributed by atoms with Crippen molar-refractivity contribution >= 4 is 51.6 Å². The van der Waals surface area contributed by atoms with Crippen molar-refractivity contribution in [1.82, 2.24) is 14.9 Å². The zero-order valence-electron chi connectivity index (χ0n) is 15.2. The summed E-state index contributed by atoms with van der Waals surface area (Å²) in [5.41, 5.74) is 1.92. The van der Waals surface area contributed by atoms with Crippen LogP contribution in [0.25, 0.3) is 32.9 Å². The first kappa shape index (κ1) is 17.8. The first-order valence-electron chi connectivity index (χ1n) is 9.09. The second-order valence-corrected chi connectivity index (χ2v) is 7.47. The van der Waals surface area contributed by atoms with Crippen LogP contribution in [0.5, 0.6) is 0 Å². The van der Waals surface area contributed by atoms with Gasteiger partial charge in [0.15, 0.2) is 5.82 Å². The maximum absolute atomic E-state index is 6.01. The van der Waals surface area contributed by atoms with Gasteiger partial charge >= 0.3 is 0 Å². The Kier molecular flexibility index (Phi) is 4.46. The van der Waals surface area contributed by atoms with Gasteiger partial charge in [0.2, 0.25) is 4.77 Å². The van der Waals surface area contributed by atoms with Crippen molar-refractivity contribution in [3.05, 3.63) is 94.2 Å². The van der Waals surface area contributed by atoms with Gasteiger partial charge in [-0.25, -0.2) is 5.10 Å². The number of benzene rings is 4. The first-order valence-corrected chi connectivity index (χ1v) is 9.87. The SMILES string of the molecule is S=c1[nH]nc(-c2ccc(Cl)cc2)n1/N=C\c1c2ccccc2cc2ccccc12. The zero-order valence-corrected chi connectivity index (χ0v) is 16.8. The van der Waals surface area contributed by atoms with Crippen LogP contribution in [0, 0.1) is 4.77 Å². The fourth-order valence-electron chi connectivity index (χ4n) is 3.49. The van der Waals surface area contributed by atoms with Crippen molar-refractivity contribution < 1.29 is 0 Å². The zero-order chi connectivity index (χ0) is 19.8. The predicted molar refractivity (Wildman–Crippen MR) is 122 cm³/mol. The van der Waals surface area contributed by atoms with Crippen LogP contribution in [0.3, 0.4) is 0 Å². The molecule has 0 saturated heterocycles. The fourth-order valence-corrected chi connectivity index (χ4v) is 3.79. The molecule has 1 N–H and O–H groups in total. The second-order valence-electron chi connectivity index (χ2n) is 6.65. The van der Waals surface area contributed by atoms with Crippen LogP contribution in [0.15, 0.2) is 84.0 Å². The summed E-state index contributed by atoms with van der Waals surface area (Å²) in [4.78, 5) is 0. The molecule has 0 aliphatic carbocycles. The van der Waals surface area contributed by atoms with Crippen molar-refractivity contribution in [2.45, 2.75) is 0 Å². The monoisotopic (exact) mass is 414 g/mol. The Labute approximate surface area is 177 Å².